The quantitative estimate of drug-likeness (QED) is 0.577. The highest BCUT2D eigenvalue weighted by Crippen LogP contribution is 2.27. The number of aromatic nitrogens is 2. The Morgan fingerprint density at radius 1 is 0.917 bits per heavy atom. The van der Waals surface area contributed by atoms with Crippen molar-refractivity contribution in [3.63, 3.8) is 0 Å². The maximum Gasteiger partial charge on any atom is 0.277 e. The first-order valence-electron chi connectivity index (χ1n) is 8.04. The Morgan fingerprint density at radius 3 is 2.21 bits per heavy atom. The number of thioether (sulfide) groups is 1. The van der Waals surface area contributed by atoms with Crippen molar-refractivity contribution in [1.29, 1.82) is 0 Å². The molecule has 1 aromatic heterocycles. The van der Waals surface area contributed by atoms with Gasteiger partial charge in [0.25, 0.3) is 5.22 Å². The molecule has 3 aromatic rings. The third kappa shape index (κ3) is 4.06. The van der Waals surface area contributed by atoms with Crippen LogP contribution in [0.1, 0.15) is 37.5 Å². The summed E-state index contributed by atoms with van der Waals surface area (Å²) in [6, 6.07) is 16.8. The minimum atomic E-state index is 0.182. The Balaban J connectivity index is 1.64. The normalized spacial score (nSPS) is 11.7. The van der Waals surface area contributed by atoms with E-state index >= 15 is 0 Å². The van der Waals surface area contributed by atoms with Crippen LogP contribution in [0.5, 0.6) is 0 Å². The lowest BCUT2D eigenvalue weighted by Crippen LogP contribution is -2.10. The van der Waals surface area contributed by atoms with Crippen LogP contribution in [0, 0.1) is 6.92 Å². The van der Waals surface area contributed by atoms with E-state index in [1.807, 2.05) is 24.3 Å². The molecule has 3 rings (SSSR count). The molecule has 124 valence electrons. The van der Waals surface area contributed by atoms with Crippen molar-refractivity contribution in [1.82, 2.24) is 10.2 Å². The second kappa shape index (κ2) is 6.81. The summed E-state index contributed by atoms with van der Waals surface area (Å²) < 4.78 is 5.75. The first-order valence-corrected chi connectivity index (χ1v) is 9.03. The standard InChI is InChI=1S/C20H22N2OS/c1-14-5-9-16(10-6-14)18-21-22-19(23-18)24-13-15-7-11-17(12-8-15)20(2,3)4/h5-12H,13H2,1-4H3. The highest BCUT2D eigenvalue weighted by molar-refractivity contribution is 7.98. The molecule has 0 N–H and O–H groups in total. The fourth-order valence-corrected chi connectivity index (χ4v) is 3.05. The Kier molecular flexibility index (Phi) is 4.76. The van der Waals surface area contributed by atoms with E-state index in [0.29, 0.717) is 11.1 Å². The van der Waals surface area contributed by atoms with Gasteiger partial charge in [0, 0.05) is 11.3 Å². The van der Waals surface area contributed by atoms with Gasteiger partial charge >= 0.3 is 0 Å². The lowest BCUT2D eigenvalue weighted by atomic mass is 9.87. The Morgan fingerprint density at radius 2 is 1.58 bits per heavy atom. The largest absolute Gasteiger partial charge is 0.411 e. The first-order chi connectivity index (χ1) is 11.4. The van der Waals surface area contributed by atoms with E-state index < -0.39 is 0 Å². The van der Waals surface area contributed by atoms with Crippen molar-refractivity contribution in [3.05, 3.63) is 65.2 Å². The van der Waals surface area contributed by atoms with Crippen LogP contribution in [-0.4, -0.2) is 10.2 Å². The zero-order valence-corrected chi connectivity index (χ0v) is 15.4. The minimum Gasteiger partial charge on any atom is -0.411 e. The molecule has 4 heteroatoms. The molecule has 0 spiro atoms. The van der Waals surface area contributed by atoms with Crippen LogP contribution in [-0.2, 0) is 11.2 Å². The molecule has 0 aliphatic heterocycles. The van der Waals surface area contributed by atoms with Gasteiger partial charge in [0.05, 0.1) is 0 Å². The van der Waals surface area contributed by atoms with Gasteiger partial charge < -0.3 is 4.42 Å². The summed E-state index contributed by atoms with van der Waals surface area (Å²) in [5, 5.41) is 8.87. The highest BCUT2D eigenvalue weighted by Gasteiger charge is 2.13. The van der Waals surface area contributed by atoms with Gasteiger partial charge in [-0.25, -0.2) is 0 Å². The number of nitrogens with zero attached hydrogens (tertiary/aromatic N) is 2. The molecule has 0 atom stereocenters. The van der Waals surface area contributed by atoms with Gasteiger partial charge in [-0.05, 0) is 35.6 Å². The average molecular weight is 338 g/mol. The van der Waals surface area contributed by atoms with Gasteiger partial charge in [-0.2, -0.15) is 0 Å². The lowest BCUT2D eigenvalue weighted by molar-refractivity contribution is 0.466. The van der Waals surface area contributed by atoms with Crippen LogP contribution in [0.4, 0.5) is 0 Å². The van der Waals surface area contributed by atoms with Crippen LogP contribution in [0.2, 0.25) is 0 Å². The summed E-state index contributed by atoms with van der Waals surface area (Å²) in [7, 11) is 0. The second-order valence-corrected chi connectivity index (χ2v) is 7.90. The Bertz CT molecular complexity index is 799. The first kappa shape index (κ1) is 16.8. The summed E-state index contributed by atoms with van der Waals surface area (Å²) in [6.07, 6.45) is 0. The van der Waals surface area contributed by atoms with Gasteiger partial charge in [-0.15, -0.1) is 10.2 Å². The molecule has 1 heterocycles. The summed E-state index contributed by atoms with van der Waals surface area (Å²) in [6.45, 7) is 8.73. The van der Waals surface area contributed by atoms with E-state index in [1.165, 1.54) is 16.7 Å². The molecule has 3 nitrogen and oxygen atoms in total. The zero-order chi connectivity index (χ0) is 17.2. The molecule has 2 aromatic carbocycles. The predicted molar refractivity (Wildman–Crippen MR) is 99.2 cm³/mol. The van der Waals surface area contributed by atoms with E-state index in [2.05, 4.69) is 62.2 Å². The Labute approximate surface area is 147 Å². The van der Waals surface area contributed by atoms with Crippen molar-refractivity contribution in [2.45, 2.75) is 44.1 Å². The molecule has 0 bridgehead atoms. The molecule has 24 heavy (non-hydrogen) atoms. The smallest absolute Gasteiger partial charge is 0.277 e. The van der Waals surface area contributed by atoms with Crippen molar-refractivity contribution in [3.8, 4) is 11.5 Å². The topological polar surface area (TPSA) is 38.9 Å². The number of hydrogen-bond acceptors (Lipinski definition) is 4. The molecular formula is C20H22N2OS. The van der Waals surface area contributed by atoms with Crippen LogP contribution in [0.25, 0.3) is 11.5 Å². The lowest BCUT2D eigenvalue weighted by Gasteiger charge is -2.19. The minimum absolute atomic E-state index is 0.182. The summed E-state index contributed by atoms with van der Waals surface area (Å²) in [5.41, 5.74) is 4.95. The summed E-state index contributed by atoms with van der Waals surface area (Å²) in [5.74, 6) is 1.39. The highest BCUT2D eigenvalue weighted by atomic mass is 32.2. The van der Waals surface area contributed by atoms with Crippen LogP contribution in [0.15, 0.2) is 58.2 Å². The van der Waals surface area contributed by atoms with Crippen molar-refractivity contribution in [2.24, 2.45) is 0 Å². The van der Waals surface area contributed by atoms with Gasteiger partial charge in [-0.3, -0.25) is 0 Å². The third-order valence-electron chi connectivity index (χ3n) is 3.89. The molecule has 0 saturated carbocycles. The van der Waals surface area contributed by atoms with Crippen molar-refractivity contribution >= 4 is 11.8 Å². The molecular weight excluding hydrogens is 316 g/mol. The van der Waals surface area contributed by atoms with E-state index in [1.54, 1.807) is 11.8 Å². The third-order valence-corrected chi connectivity index (χ3v) is 4.78. The van der Waals surface area contributed by atoms with Crippen LogP contribution < -0.4 is 0 Å². The number of rotatable bonds is 4. The van der Waals surface area contributed by atoms with E-state index in [9.17, 15) is 0 Å². The Hall–Kier alpha value is -2.07. The van der Waals surface area contributed by atoms with Gasteiger partial charge in [0.15, 0.2) is 0 Å². The molecule has 0 amide bonds. The monoisotopic (exact) mass is 338 g/mol. The fraction of sp³-hybridized carbons (Fsp3) is 0.300. The number of benzene rings is 2. The molecule has 0 aliphatic carbocycles. The van der Waals surface area contributed by atoms with Crippen LogP contribution in [0.3, 0.4) is 0 Å². The SMILES string of the molecule is Cc1ccc(-c2nnc(SCc3ccc(C(C)(C)C)cc3)o2)cc1. The molecule has 0 aliphatic rings. The fourth-order valence-electron chi connectivity index (χ4n) is 2.33. The maximum atomic E-state index is 5.75. The van der Waals surface area contributed by atoms with Crippen molar-refractivity contribution in [2.75, 3.05) is 0 Å². The molecule has 0 unspecified atom stereocenters. The number of aryl methyl sites for hydroxylation is 1. The summed E-state index contributed by atoms with van der Waals surface area (Å²) in [4.78, 5) is 0. The van der Waals surface area contributed by atoms with Gasteiger partial charge in [0.2, 0.25) is 5.89 Å². The van der Waals surface area contributed by atoms with E-state index in [-0.39, 0.29) is 5.41 Å². The van der Waals surface area contributed by atoms with E-state index in [0.717, 1.165) is 11.3 Å². The van der Waals surface area contributed by atoms with Gasteiger partial charge in [0.1, 0.15) is 0 Å². The van der Waals surface area contributed by atoms with Crippen LogP contribution >= 0.6 is 11.8 Å². The van der Waals surface area contributed by atoms with Crippen molar-refractivity contribution < 1.29 is 4.42 Å². The van der Waals surface area contributed by atoms with E-state index in [4.69, 9.17) is 4.42 Å². The average Bonchev–Trinajstić information content (AvgIpc) is 3.02. The molecule has 0 radical (unpaired) electrons. The maximum absolute atomic E-state index is 5.75. The zero-order valence-electron chi connectivity index (χ0n) is 14.5. The summed E-state index contributed by atoms with van der Waals surface area (Å²) >= 11 is 1.57. The predicted octanol–water partition coefficient (Wildman–Crippen LogP) is 5.63. The molecule has 0 fully saturated rings. The molecule has 0 saturated heterocycles. The second-order valence-electron chi connectivity index (χ2n) is 6.97. The van der Waals surface area contributed by atoms with Gasteiger partial charge in [-0.1, -0.05) is 74.5 Å². The number of hydrogen-bond donors (Lipinski definition) is 0.